The van der Waals surface area contributed by atoms with E-state index in [9.17, 15) is 14.4 Å². The molecule has 0 unspecified atom stereocenters. The fraction of sp³-hybridized carbons (Fsp3) is 0.393. The summed E-state index contributed by atoms with van der Waals surface area (Å²) < 4.78 is 18.2. The first-order valence-corrected chi connectivity index (χ1v) is 13.7. The Bertz CT molecular complexity index is 1510. The number of hydrogen-bond acceptors (Lipinski definition) is 6. The van der Waals surface area contributed by atoms with E-state index in [1.165, 1.54) is 24.0 Å². The van der Waals surface area contributed by atoms with E-state index >= 15 is 0 Å². The van der Waals surface area contributed by atoms with Gasteiger partial charge in [0.25, 0.3) is 0 Å². The average molecular weight is 532 g/mol. The largest absolute Gasteiger partial charge is 0.343 e. The summed E-state index contributed by atoms with van der Waals surface area (Å²) in [6.07, 6.45) is 11.0. The van der Waals surface area contributed by atoms with E-state index in [-0.39, 0.29) is 10.9 Å². The molecule has 196 valence electrons. The molecule has 0 saturated heterocycles. The molecule has 1 fully saturated rings. The van der Waals surface area contributed by atoms with Gasteiger partial charge < -0.3 is 4.90 Å². The van der Waals surface area contributed by atoms with Crippen LogP contribution in [0, 0.1) is 30.0 Å². The number of halogens is 1. The van der Waals surface area contributed by atoms with E-state index in [2.05, 4.69) is 27.8 Å². The molecule has 1 aliphatic carbocycles. The Kier molecular flexibility index (Phi) is 7.47. The molecule has 38 heavy (non-hydrogen) atoms. The molecule has 0 bridgehead atoms. The van der Waals surface area contributed by atoms with Crippen molar-refractivity contribution in [1.82, 2.24) is 29.3 Å². The van der Waals surface area contributed by atoms with Crippen LogP contribution in [0.1, 0.15) is 56.8 Å². The highest BCUT2D eigenvalue weighted by molar-refractivity contribution is 7.99. The molecule has 4 heterocycles. The fourth-order valence-corrected chi connectivity index (χ4v) is 6.35. The van der Waals surface area contributed by atoms with Crippen LogP contribution in [-0.2, 0) is 4.79 Å². The van der Waals surface area contributed by atoms with Gasteiger partial charge in [0.2, 0.25) is 5.91 Å². The van der Waals surface area contributed by atoms with Gasteiger partial charge in [0.05, 0.1) is 29.5 Å². The third-order valence-corrected chi connectivity index (χ3v) is 8.48. The molecule has 0 N–H and O–H groups in total. The molecule has 1 saturated carbocycles. The number of hydrogen-bond donors (Lipinski definition) is 0. The minimum Gasteiger partial charge on any atom is -0.343 e. The third-order valence-electron chi connectivity index (χ3n) is 7.45. The molecule has 4 aromatic rings. The Labute approximate surface area is 225 Å². The maximum atomic E-state index is 14.4. The molecule has 10 heteroatoms. The number of carbonyl (C=O) groups is 1. The van der Waals surface area contributed by atoms with Crippen molar-refractivity contribution < 1.29 is 9.18 Å². The van der Waals surface area contributed by atoms with Crippen LogP contribution >= 0.6 is 11.8 Å². The fourth-order valence-electron chi connectivity index (χ4n) is 5.38. The number of rotatable bonds is 7. The third kappa shape index (κ3) is 5.03. The topological polar surface area (TPSA) is 92.1 Å². The number of carbonyl (C=O) groups excluding carboxylic acids is 1. The van der Waals surface area contributed by atoms with Crippen molar-refractivity contribution in [2.75, 3.05) is 13.1 Å². The number of amides is 1. The number of aromatic nitrogens is 5. The highest BCUT2D eigenvalue weighted by Crippen LogP contribution is 2.38. The first-order chi connectivity index (χ1) is 18.4. The zero-order chi connectivity index (χ0) is 26.8. The number of pyridine rings is 2. The van der Waals surface area contributed by atoms with Gasteiger partial charge in [-0.25, -0.2) is 13.9 Å². The molecule has 4 aromatic heterocycles. The predicted octanol–water partition coefficient (Wildman–Crippen LogP) is 5.66. The molecule has 5 rings (SSSR count). The van der Waals surface area contributed by atoms with E-state index in [0.29, 0.717) is 27.9 Å². The van der Waals surface area contributed by atoms with Crippen LogP contribution in [0.3, 0.4) is 0 Å². The van der Waals surface area contributed by atoms with Crippen molar-refractivity contribution in [2.45, 2.75) is 62.4 Å². The predicted molar refractivity (Wildman–Crippen MR) is 143 cm³/mol. The first kappa shape index (κ1) is 25.9. The van der Waals surface area contributed by atoms with Gasteiger partial charge in [-0.2, -0.15) is 15.5 Å². The summed E-state index contributed by atoms with van der Waals surface area (Å²) in [5, 5.41) is 19.0. The van der Waals surface area contributed by atoms with Gasteiger partial charge in [0.1, 0.15) is 11.1 Å². The molecule has 0 radical (unpaired) electrons. The highest BCUT2D eigenvalue weighted by Gasteiger charge is 2.27. The van der Waals surface area contributed by atoms with Crippen LogP contribution in [-0.4, -0.2) is 48.3 Å². The van der Waals surface area contributed by atoms with Crippen LogP contribution in [0.2, 0.25) is 0 Å². The van der Waals surface area contributed by atoms with Crippen molar-refractivity contribution in [3.63, 3.8) is 0 Å². The quantitative estimate of drug-likeness (QED) is 0.305. The van der Waals surface area contributed by atoms with E-state index in [1.807, 2.05) is 30.3 Å². The summed E-state index contributed by atoms with van der Waals surface area (Å²) in [6.45, 7) is 7.32. The first-order valence-electron chi connectivity index (χ1n) is 12.9. The standard InChI is InChI=1S/C28H30FN7OS/c1-4-34(19(3)37)16-20-7-9-23(10-8-20)36-18(2)24(15-33-36)21-12-26(38-28-25(29)6-5-11-31-28)27-22(13-30)14-32-35(27)17-21/h5-6,11-12,14-15,17,20,23H,4,7-10,16H2,1-3H3. The lowest BCUT2D eigenvalue weighted by atomic mass is 9.85. The molecule has 1 amide bonds. The maximum Gasteiger partial charge on any atom is 0.219 e. The minimum absolute atomic E-state index is 0.140. The number of nitriles is 1. The molecule has 0 atom stereocenters. The van der Waals surface area contributed by atoms with Crippen molar-refractivity contribution in [1.29, 1.82) is 5.26 Å². The Morgan fingerprint density at radius 3 is 2.74 bits per heavy atom. The number of nitrogens with zero attached hydrogens (tertiary/aromatic N) is 7. The lowest BCUT2D eigenvalue weighted by Gasteiger charge is -2.32. The summed E-state index contributed by atoms with van der Waals surface area (Å²) >= 11 is 1.18. The van der Waals surface area contributed by atoms with E-state index in [4.69, 9.17) is 5.10 Å². The van der Waals surface area contributed by atoms with Gasteiger partial charge in [0, 0.05) is 54.1 Å². The van der Waals surface area contributed by atoms with Crippen molar-refractivity contribution in [2.24, 2.45) is 5.92 Å². The molecular formula is C28H30FN7OS. The summed E-state index contributed by atoms with van der Waals surface area (Å²) in [4.78, 5) is 18.6. The molecule has 8 nitrogen and oxygen atoms in total. The Morgan fingerprint density at radius 2 is 2.05 bits per heavy atom. The van der Waals surface area contributed by atoms with Crippen LogP contribution in [0.4, 0.5) is 4.39 Å². The minimum atomic E-state index is -0.413. The number of fused-ring (bicyclic) bond motifs is 1. The van der Waals surface area contributed by atoms with Gasteiger partial charge >= 0.3 is 0 Å². The van der Waals surface area contributed by atoms with Crippen LogP contribution in [0.5, 0.6) is 0 Å². The maximum absolute atomic E-state index is 14.4. The van der Waals surface area contributed by atoms with Gasteiger partial charge in [-0.05, 0) is 63.6 Å². The second-order valence-corrected chi connectivity index (χ2v) is 10.8. The average Bonchev–Trinajstić information content (AvgIpc) is 3.52. The molecule has 0 spiro atoms. The lowest BCUT2D eigenvalue weighted by molar-refractivity contribution is -0.129. The Balaban J connectivity index is 1.42. The van der Waals surface area contributed by atoms with Gasteiger partial charge in [-0.15, -0.1) is 0 Å². The summed E-state index contributed by atoms with van der Waals surface area (Å²) in [6, 6.07) is 7.38. The van der Waals surface area contributed by atoms with E-state index < -0.39 is 5.82 Å². The summed E-state index contributed by atoms with van der Waals surface area (Å²) in [7, 11) is 0. The van der Waals surface area contributed by atoms with E-state index in [0.717, 1.165) is 55.6 Å². The molecule has 0 aliphatic heterocycles. The van der Waals surface area contributed by atoms with Crippen molar-refractivity contribution >= 4 is 23.2 Å². The monoisotopic (exact) mass is 531 g/mol. The Morgan fingerprint density at radius 1 is 1.26 bits per heavy atom. The Hall–Kier alpha value is -3.71. The molecule has 1 aliphatic rings. The zero-order valence-corrected chi connectivity index (χ0v) is 22.6. The van der Waals surface area contributed by atoms with Crippen LogP contribution < -0.4 is 0 Å². The van der Waals surface area contributed by atoms with Gasteiger partial charge in [0.15, 0.2) is 5.82 Å². The van der Waals surface area contributed by atoms with Crippen LogP contribution in [0.15, 0.2) is 52.9 Å². The highest BCUT2D eigenvalue weighted by atomic mass is 32.2. The normalized spacial score (nSPS) is 17.4. The second-order valence-electron chi connectivity index (χ2n) is 9.77. The summed E-state index contributed by atoms with van der Waals surface area (Å²) in [5.74, 6) is 0.249. The van der Waals surface area contributed by atoms with Crippen molar-refractivity contribution in [3.8, 4) is 17.2 Å². The molecular weight excluding hydrogens is 501 g/mol. The van der Waals surface area contributed by atoms with Gasteiger partial charge in [-0.1, -0.05) is 11.8 Å². The van der Waals surface area contributed by atoms with Crippen molar-refractivity contribution in [3.05, 3.63) is 60.1 Å². The smallest absolute Gasteiger partial charge is 0.219 e. The summed E-state index contributed by atoms with van der Waals surface area (Å²) in [5.41, 5.74) is 3.97. The SMILES string of the molecule is CCN(CC1CCC(n2ncc(-c3cc(Sc4ncccc4F)c4c(C#N)cnn4c3)c2C)CC1)C(C)=O. The lowest BCUT2D eigenvalue weighted by Crippen LogP contribution is -2.35. The zero-order valence-electron chi connectivity index (χ0n) is 21.8. The second kappa shape index (κ2) is 11.0. The van der Waals surface area contributed by atoms with E-state index in [1.54, 1.807) is 23.7 Å². The van der Waals surface area contributed by atoms with Crippen LogP contribution in [0.25, 0.3) is 16.6 Å². The van der Waals surface area contributed by atoms with Gasteiger partial charge in [-0.3, -0.25) is 9.48 Å². The molecule has 0 aromatic carbocycles.